The first-order valence-corrected chi connectivity index (χ1v) is 17.5. The van der Waals surface area contributed by atoms with Crippen LogP contribution in [-0.2, 0) is 46.4 Å². The molecule has 0 radical (unpaired) electrons. The smallest absolute Gasteiger partial charge is 0.320 e. The van der Waals surface area contributed by atoms with Gasteiger partial charge in [0, 0.05) is 25.2 Å². The number of unbranched alkanes of at least 4 members (excludes halogenated alkanes) is 2. The molecule has 2 unspecified atom stereocenters. The molecule has 1 aliphatic rings. The van der Waals surface area contributed by atoms with E-state index in [1.54, 1.807) is 6.92 Å². The molecule has 1 aromatic rings. The monoisotopic (exact) mass is 685 g/mol. The van der Waals surface area contributed by atoms with E-state index in [-0.39, 0.29) is 49.1 Å². The lowest BCUT2D eigenvalue weighted by atomic mass is 9.85. The highest BCUT2D eigenvalue weighted by molar-refractivity contribution is 5.75. The van der Waals surface area contributed by atoms with Gasteiger partial charge in [-0.2, -0.15) is 0 Å². The molecule has 1 heterocycles. The molecule has 1 saturated carbocycles. The minimum Gasteiger partial charge on any atom is -0.483 e. The summed E-state index contributed by atoms with van der Waals surface area (Å²) in [6.07, 6.45) is 11.7. The maximum atomic E-state index is 12.3. The van der Waals surface area contributed by atoms with Gasteiger partial charge in [0.1, 0.15) is 16.8 Å². The third-order valence-electron chi connectivity index (χ3n) is 6.69. The highest BCUT2D eigenvalue weighted by Crippen LogP contribution is 2.28. The summed E-state index contributed by atoms with van der Waals surface area (Å²) in [7, 11) is 0. The first-order chi connectivity index (χ1) is 22.1. The van der Waals surface area contributed by atoms with Gasteiger partial charge in [0.2, 0.25) is 0 Å². The van der Waals surface area contributed by atoms with Crippen molar-refractivity contribution >= 4 is 24.4 Å². The molecule has 0 spiro atoms. The third-order valence-corrected chi connectivity index (χ3v) is 6.69. The zero-order valence-corrected chi connectivity index (χ0v) is 32.4. The standard InChI is InChI=1S/C19H35NO4.C9H17N3.C7H14O2.CH2O2/c1-14-10-8-9-11-15(14)20(12-16(21)23-18(2,3)4)13-17(22)24-19(5,6)7;1-3-5-6-7-12-8-9(4-2)10-11-12;1-5-6(8)9-7(2,3)4;2-1-3/h14-15H,8-13H2,1-7H3;8H,3-7H2,1-2H3;5H2,1-4H3;1H,(H,2,3). The van der Waals surface area contributed by atoms with Crippen LogP contribution in [0.25, 0.3) is 0 Å². The van der Waals surface area contributed by atoms with E-state index in [0.717, 1.165) is 37.9 Å². The maximum absolute atomic E-state index is 12.3. The number of carbonyl (C=O) groups excluding carboxylic acids is 3. The number of hydrogen-bond acceptors (Lipinski definition) is 10. The summed E-state index contributed by atoms with van der Waals surface area (Å²) in [5.41, 5.74) is -0.279. The van der Waals surface area contributed by atoms with Crippen molar-refractivity contribution < 1.29 is 38.5 Å². The number of ether oxygens (including phenoxy) is 3. The van der Waals surface area contributed by atoms with Crippen molar-refractivity contribution in [3.63, 3.8) is 0 Å². The first-order valence-electron chi connectivity index (χ1n) is 17.5. The predicted octanol–water partition coefficient (Wildman–Crippen LogP) is 7.02. The van der Waals surface area contributed by atoms with Gasteiger partial charge in [-0.15, -0.1) is 5.10 Å². The van der Waals surface area contributed by atoms with E-state index in [1.165, 1.54) is 25.7 Å². The van der Waals surface area contributed by atoms with Gasteiger partial charge in [-0.1, -0.05) is 58.6 Å². The Bertz CT molecular complexity index is 1010. The van der Waals surface area contributed by atoms with Crippen LogP contribution >= 0.6 is 0 Å². The summed E-state index contributed by atoms with van der Waals surface area (Å²) in [6.45, 7) is 26.0. The van der Waals surface area contributed by atoms with E-state index >= 15 is 0 Å². The van der Waals surface area contributed by atoms with E-state index in [4.69, 9.17) is 24.1 Å². The normalized spacial score (nSPS) is 16.1. The van der Waals surface area contributed by atoms with E-state index < -0.39 is 11.2 Å². The fraction of sp³-hybridized carbons (Fsp3) is 0.833. The van der Waals surface area contributed by atoms with Crippen LogP contribution in [0.1, 0.15) is 147 Å². The van der Waals surface area contributed by atoms with Crippen molar-refractivity contribution in [2.24, 2.45) is 5.92 Å². The molecule has 0 aromatic carbocycles. The Hall–Kier alpha value is -3.02. The highest BCUT2D eigenvalue weighted by Gasteiger charge is 2.32. The second kappa shape index (κ2) is 24.2. The molecule has 1 N–H and O–H groups in total. The van der Waals surface area contributed by atoms with Gasteiger partial charge in [0.25, 0.3) is 6.47 Å². The van der Waals surface area contributed by atoms with Crippen LogP contribution < -0.4 is 0 Å². The topological polar surface area (TPSA) is 150 Å². The molecule has 2 atom stereocenters. The van der Waals surface area contributed by atoms with Gasteiger partial charge in [0.15, 0.2) is 0 Å². The molecule has 1 aromatic heterocycles. The van der Waals surface area contributed by atoms with Crippen LogP contribution in [0.2, 0.25) is 0 Å². The molecule has 1 aliphatic carbocycles. The van der Waals surface area contributed by atoms with Crippen LogP contribution in [0.3, 0.4) is 0 Å². The van der Waals surface area contributed by atoms with Gasteiger partial charge < -0.3 is 19.3 Å². The Morgan fingerprint density at radius 3 is 1.67 bits per heavy atom. The number of nitrogens with zero attached hydrogens (tertiary/aromatic N) is 4. The molecular weight excluding hydrogens is 616 g/mol. The van der Waals surface area contributed by atoms with E-state index in [0.29, 0.717) is 12.3 Å². The average molecular weight is 685 g/mol. The Balaban J connectivity index is 0. The van der Waals surface area contributed by atoms with Crippen molar-refractivity contribution in [3.8, 4) is 0 Å². The number of aryl methyl sites for hydroxylation is 2. The molecule has 12 nitrogen and oxygen atoms in total. The lowest BCUT2D eigenvalue weighted by Crippen LogP contribution is -2.48. The molecule has 0 bridgehead atoms. The molecule has 1 fully saturated rings. The summed E-state index contributed by atoms with van der Waals surface area (Å²) in [6, 6.07) is 0.221. The first kappa shape index (κ1) is 47.1. The molecule has 48 heavy (non-hydrogen) atoms. The minimum atomic E-state index is -0.521. The Morgan fingerprint density at radius 1 is 0.854 bits per heavy atom. The molecule has 12 heteroatoms. The molecule has 0 saturated heterocycles. The third kappa shape index (κ3) is 27.0. The Labute approximate surface area is 290 Å². The zero-order valence-electron chi connectivity index (χ0n) is 32.4. The van der Waals surface area contributed by atoms with Crippen LogP contribution in [-0.4, -0.2) is 85.3 Å². The van der Waals surface area contributed by atoms with E-state index in [1.807, 2.05) is 78.1 Å². The number of carbonyl (C=O) groups is 4. The summed E-state index contributed by atoms with van der Waals surface area (Å²) in [5, 5.41) is 14.9. The van der Waals surface area contributed by atoms with Gasteiger partial charge >= 0.3 is 17.9 Å². The number of hydrogen-bond donors (Lipinski definition) is 1. The predicted molar refractivity (Wildman–Crippen MR) is 188 cm³/mol. The van der Waals surface area contributed by atoms with Crippen LogP contribution in [0.15, 0.2) is 6.20 Å². The summed E-state index contributed by atoms with van der Waals surface area (Å²) in [4.78, 5) is 45.5. The number of esters is 3. The van der Waals surface area contributed by atoms with Gasteiger partial charge in [-0.05, 0) is 93.9 Å². The fourth-order valence-corrected chi connectivity index (χ4v) is 4.76. The summed E-state index contributed by atoms with van der Waals surface area (Å²) < 4.78 is 17.8. The SMILES string of the molecule is CC1CCCCC1N(CC(=O)OC(C)(C)C)CC(=O)OC(C)(C)C.CCC(=O)OC(C)(C)C.CCCCCn1cc(CC)nn1.O=CO. The minimum absolute atomic E-state index is 0.130. The van der Waals surface area contributed by atoms with Crippen LogP contribution in [0, 0.1) is 5.92 Å². The molecule has 0 amide bonds. The van der Waals surface area contributed by atoms with Gasteiger partial charge in [-0.3, -0.25) is 28.8 Å². The summed E-state index contributed by atoms with van der Waals surface area (Å²) in [5.74, 6) is -0.251. The van der Waals surface area contributed by atoms with Crippen molar-refractivity contribution in [1.82, 2.24) is 19.9 Å². The Kier molecular flexibility index (Phi) is 23.7. The van der Waals surface area contributed by atoms with Gasteiger partial charge in [0.05, 0.1) is 18.8 Å². The highest BCUT2D eigenvalue weighted by atomic mass is 16.6. The maximum Gasteiger partial charge on any atom is 0.320 e. The molecule has 280 valence electrons. The quantitative estimate of drug-likeness (QED) is 0.111. The summed E-state index contributed by atoms with van der Waals surface area (Å²) >= 11 is 0. The van der Waals surface area contributed by atoms with Crippen LogP contribution in [0.5, 0.6) is 0 Å². The number of rotatable bonds is 11. The number of carboxylic acid groups (broad SMARTS) is 1. The fourth-order valence-electron chi connectivity index (χ4n) is 4.76. The van der Waals surface area contributed by atoms with E-state index in [9.17, 15) is 14.4 Å². The van der Waals surface area contributed by atoms with Crippen molar-refractivity contribution in [2.75, 3.05) is 13.1 Å². The van der Waals surface area contributed by atoms with Crippen molar-refractivity contribution in [2.45, 2.75) is 177 Å². The van der Waals surface area contributed by atoms with Gasteiger partial charge in [-0.25, -0.2) is 0 Å². The number of aromatic nitrogens is 3. The largest absolute Gasteiger partial charge is 0.483 e. The average Bonchev–Trinajstić information content (AvgIpc) is 3.39. The second-order valence-electron chi connectivity index (χ2n) is 15.0. The molecule has 2 rings (SSSR count). The zero-order chi connectivity index (χ0) is 37.6. The Morgan fingerprint density at radius 2 is 1.31 bits per heavy atom. The molecule has 0 aliphatic heterocycles. The lowest BCUT2D eigenvalue weighted by molar-refractivity contribution is -0.162. The lowest BCUT2D eigenvalue weighted by Gasteiger charge is -2.38. The molecular formula is C36H68N4O8. The van der Waals surface area contributed by atoms with E-state index in [2.05, 4.69) is 31.1 Å². The van der Waals surface area contributed by atoms with Crippen molar-refractivity contribution in [3.05, 3.63) is 11.9 Å². The van der Waals surface area contributed by atoms with Crippen molar-refractivity contribution in [1.29, 1.82) is 0 Å². The second-order valence-corrected chi connectivity index (χ2v) is 15.0. The van der Waals surface area contributed by atoms with Crippen LogP contribution in [0.4, 0.5) is 0 Å².